The maximum Gasteiger partial charge on any atom is 0.219 e. The Labute approximate surface area is 56.4 Å². The van der Waals surface area contributed by atoms with E-state index in [1.807, 2.05) is 13.8 Å². The van der Waals surface area contributed by atoms with Gasteiger partial charge in [-0.25, -0.2) is 0 Å². The summed E-state index contributed by atoms with van der Waals surface area (Å²) < 4.78 is 0. The van der Waals surface area contributed by atoms with Crippen molar-refractivity contribution in [2.75, 3.05) is 0 Å². The molecule has 0 unspecified atom stereocenters. The van der Waals surface area contributed by atoms with Crippen LogP contribution in [-0.4, -0.2) is 11.8 Å². The Balaban J connectivity index is 3.71. The zero-order chi connectivity index (χ0) is 7.49. The Hall–Kier alpha value is -0.370. The molecule has 0 saturated heterocycles. The number of hydrogen-bond acceptors (Lipinski definition) is 2. The highest BCUT2D eigenvalue weighted by molar-refractivity contribution is 5.63. The van der Waals surface area contributed by atoms with Gasteiger partial charge in [-0.15, -0.1) is 0 Å². The van der Waals surface area contributed by atoms with Crippen LogP contribution in [-0.2, 0) is 4.79 Å². The molecule has 0 aromatic rings. The van der Waals surface area contributed by atoms with Crippen LogP contribution in [0.15, 0.2) is 0 Å². The van der Waals surface area contributed by atoms with Crippen LogP contribution in [0.25, 0.3) is 0 Å². The Kier molecular flexibility index (Phi) is 2.85. The zero-order valence-electron chi connectivity index (χ0n) is 6.27. The van der Waals surface area contributed by atoms with Crippen molar-refractivity contribution in [3.63, 3.8) is 0 Å². The Morgan fingerprint density at radius 2 is 2.11 bits per heavy atom. The van der Waals surface area contributed by atoms with Crippen LogP contribution in [0.1, 0.15) is 27.2 Å². The number of nitrogens with two attached hydrogens (primary N) is 1. The van der Waals surface area contributed by atoms with Gasteiger partial charge in [0.25, 0.3) is 0 Å². The molecule has 53 valence electrons. The molecule has 0 rings (SSSR count). The van der Waals surface area contributed by atoms with Crippen molar-refractivity contribution in [2.45, 2.75) is 32.7 Å². The van der Waals surface area contributed by atoms with Crippen LogP contribution >= 0.6 is 0 Å². The van der Waals surface area contributed by atoms with E-state index in [-0.39, 0.29) is 0 Å². The van der Waals surface area contributed by atoms with Gasteiger partial charge in [0.2, 0.25) is 6.29 Å². The Bertz CT molecular complexity index is 97.1. The fraction of sp³-hybridized carbons (Fsp3) is 0.857. The van der Waals surface area contributed by atoms with E-state index in [1.165, 1.54) is 0 Å². The van der Waals surface area contributed by atoms with Gasteiger partial charge in [-0.05, 0) is 19.3 Å². The highest BCUT2D eigenvalue weighted by Gasteiger charge is 2.19. The molecule has 0 heterocycles. The molecule has 0 aliphatic carbocycles. The summed E-state index contributed by atoms with van der Waals surface area (Å²) in [5, 5.41) is 0. The molecule has 0 aliphatic rings. The third-order valence-electron chi connectivity index (χ3n) is 1.07. The SMILES string of the molecule is CC(C)C[C@](C)(N)[C]=O. The minimum Gasteiger partial charge on any atom is -0.319 e. The smallest absolute Gasteiger partial charge is 0.219 e. The average molecular weight is 128 g/mol. The first-order valence-electron chi connectivity index (χ1n) is 3.16. The van der Waals surface area contributed by atoms with E-state index in [1.54, 1.807) is 13.2 Å². The molecule has 2 heteroatoms. The van der Waals surface area contributed by atoms with Gasteiger partial charge in [-0.1, -0.05) is 13.8 Å². The van der Waals surface area contributed by atoms with E-state index >= 15 is 0 Å². The normalized spacial score (nSPS) is 17.4. The van der Waals surface area contributed by atoms with Gasteiger partial charge in [-0.3, -0.25) is 4.79 Å². The van der Waals surface area contributed by atoms with Crippen LogP contribution in [0.2, 0.25) is 0 Å². The van der Waals surface area contributed by atoms with Gasteiger partial charge in [0.15, 0.2) is 0 Å². The molecular formula is C7H14NO. The lowest BCUT2D eigenvalue weighted by Crippen LogP contribution is -2.39. The lowest BCUT2D eigenvalue weighted by atomic mass is 9.94. The number of carbonyl (C=O) groups excluding carboxylic acids is 1. The molecule has 9 heavy (non-hydrogen) atoms. The molecule has 0 aromatic carbocycles. The Morgan fingerprint density at radius 1 is 1.67 bits per heavy atom. The summed E-state index contributed by atoms with van der Waals surface area (Å²) in [6.45, 7) is 5.75. The number of rotatable bonds is 3. The maximum absolute atomic E-state index is 10.1. The van der Waals surface area contributed by atoms with Crippen LogP contribution in [0, 0.1) is 5.92 Å². The van der Waals surface area contributed by atoms with Crippen molar-refractivity contribution in [3.05, 3.63) is 0 Å². The maximum atomic E-state index is 10.1. The van der Waals surface area contributed by atoms with E-state index in [4.69, 9.17) is 5.73 Å². The first kappa shape index (κ1) is 8.63. The van der Waals surface area contributed by atoms with Gasteiger partial charge in [-0.2, -0.15) is 0 Å². The standard InChI is InChI=1S/C7H14NO/c1-6(2)4-7(3,8)5-9/h6H,4,8H2,1-3H3/t7-/m0/s1. The highest BCUT2D eigenvalue weighted by Crippen LogP contribution is 2.09. The summed E-state index contributed by atoms with van der Waals surface area (Å²) in [4.78, 5) is 10.1. The average Bonchev–Trinajstić information content (AvgIpc) is 1.63. The topological polar surface area (TPSA) is 43.1 Å². The summed E-state index contributed by atoms with van der Waals surface area (Å²) in [7, 11) is 0. The van der Waals surface area contributed by atoms with Gasteiger partial charge < -0.3 is 5.73 Å². The Morgan fingerprint density at radius 3 is 2.22 bits per heavy atom. The molecule has 2 nitrogen and oxygen atoms in total. The molecule has 0 amide bonds. The third-order valence-corrected chi connectivity index (χ3v) is 1.07. The predicted octanol–water partition coefficient (Wildman–Crippen LogP) is 0.860. The second kappa shape index (κ2) is 2.97. The summed E-state index contributed by atoms with van der Waals surface area (Å²) in [6, 6.07) is 0. The minimum absolute atomic E-state index is 0.460. The third kappa shape index (κ3) is 4.15. The second-order valence-electron chi connectivity index (χ2n) is 3.12. The minimum atomic E-state index is -0.742. The highest BCUT2D eigenvalue weighted by atomic mass is 16.1. The van der Waals surface area contributed by atoms with E-state index < -0.39 is 5.54 Å². The van der Waals surface area contributed by atoms with Crippen LogP contribution in [0.3, 0.4) is 0 Å². The summed E-state index contributed by atoms with van der Waals surface area (Å²) in [5.41, 5.74) is 4.75. The second-order valence-corrected chi connectivity index (χ2v) is 3.12. The van der Waals surface area contributed by atoms with Crippen molar-refractivity contribution >= 4 is 6.29 Å². The molecule has 0 bridgehead atoms. The molecule has 0 saturated carbocycles. The molecule has 0 aromatic heterocycles. The quantitative estimate of drug-likeness (QED) is 0.612. The summed E-state index contributed by atoms with van der Waals surface area (Å²) in [5.74, 6) is 0.460. The number of hydrogen-bond donors (Lipinski definition) is 1. The van der Waals surface area contributed by atoms with E-state index in [9.17, 15) is 4.79 Å². The molecule has 0 spiro atoms. The van der Waals surface area contributed by atoms with Crippen LogP contribution in [0.4, 0.5) is 0 Å². The van der Waals surface area contributed by atoms with E-state index in [0.717, 1.165) is 0 Å². The van der Waals surface area contributed by atoms with Crippen molar-refractivity contribution in [1.29, 1.82) is 0 Å². The monoisotopic (exact) mass is 128 g/mol. The largest absolute Gasteiger partial charge is 0.319 e. The molecule has 1 atom stereocenters. The first-order chi connectivity index (χ1) is 3.98. The van der Waals surface area contributed by atoms with Crippen LogP contribution < -0.4 is 5.73 Å². The lowest BCUT2D eigenvalue weighted by Gasteiger charge is -2.17. The fourth-order valence-corrected chi connectivity index (χ4v) is 0.890. The van der Waals surface area contributed by atoms with Crippen molar-refractivity contribution in [3.8, 4) is 0 Å². The molecule has 2 N–H and O–H groups in total. The van der Waals surface area contributed by atoms with Gasteiger partial charge >= 0.3 is 0 Å². The fourth-order valence-electron chi connectivity index (χ4n) is 0.890. The van der Waals surface area contributed by atoms with Gasteiger partial charge in [0.1, 0.15) is 0 Å². The van der Waals surface area contributed by atoms with Crippen molar-refractivity contribution in [2.24, 2.45) is 11.7 Å². The molecular weight excluding hydrogens is 114 g/mol. The summed E-state index contributed by atoms with van der Waals surface area (Å²) in [6.07, 6.45) is 2.51. The zero-order valence-corrected chi connectivity index (χ0v) is 6.27. The molecule has 0 fully saturated rings. The van der Waals surface area contributed by atoms with E-state index in [0.29, 0.717) is 12.3 Å². The lowest BCUT2D eigenvalue weighted by molar-refractivity contribution is 0.429. The van der Waals surface area contributed by atoms with Crippen LogP contribution in [0.5, 0.6) is 0 Å². The molecule has 1 radical (unpaired) electrons. The van der Waals surface area contributed by atoms with E-state index in [2.05, 4.69) is 0 Å². The molecule has 0 aliphatic heterocycles. The van der Waals surface area contributed by atoms with Gasteiger partial charge in [0, 0.05) is 0 Å². The summed E-state index contributed by atoms with van der Waals surface area (Å²) >= 11 is 0. The van der Waals surface area contributed by atoms with Crippen molar-refractivity contribution in [1.82, 2.24) is 0 Å². The van der Waals surface area contributed by atoms with Crippen molar-refractivity contribution < 1.29 is 4.79 Å². The first-order valence-corrected chi connectivity index (χ1v) is 3.16. The predicted molar refractivity (Wildman–Crippen MR) is 37.7 cm³/mol. The van der Waals surface area contributed by atoms with Gasteiger partial charge in [0.05, 0.1) is 5.54 Å².